The zero-order chi connectivity index (χ0) is 46.0. The predicted molar refractivity (Wildman–Crippen MR) is 293 cm³/mol. The summed E-state index contributed by atoms with van der Waals surface area (Å²) >= 11 is 0. The van der Waals surface area contributed by atoms with Gasteiger partial charge in [0.1, 0.15) is 0 Å². The van der Waals surface area contributed by atoms with E-state index >= 15 is 0 Å². The Morgan fingerprint density at radius 3 is 1.47 bits per heavy atom. The molecule has 11 aromatic rings. The van der Waals surface area contributed by atoms with Crippen LogP contribution in [0.3, 0.4) is 0 Å². The minimum Gasteiger partial charge on any atom is -0.311 e. The number of rotatable bonds is 9. The zero-order valence-electron chi connectivity index (χ0n) is 39.0. The minimum absolute atomic E-state index is 0.656. The molecule has 11 aromatic carbocycles. The van der Waals surface area contributed by atoms with Crippen molar-refractivity contribution in [1.82, 2.24) is 0 Å². The van der Waals surface area contributed by atoms with Crippen LogP contribution in [0.15, 0.2) is 243 Å². The van der Waals surface area contributed by atoms with Crippen molar-refractivity contribution < 1.29 is 0 Å². The summed E-state index contributed by atoms with van der Waals surface area (Å²) in [6.45, 7) is 9.54. The highest BCUT2D eigenvalue weighted by molar-refractivity contribution is 6.89. The van der Waals surface area contributed by atoms with Crippen LogP contribution in [0.4, 0.5) is 34.1 Å². The molecule has 12 rings (SSSR count). The molecular formula is C65H52N2Si. The summed E-state index contributed by atoms with van der Waals surface area (Å²) in [6.07, 6.45) is 0. The van der Waals surface area contributed by atoms with E-state index < -0.39 is 13.5 Å². The maximum absolute atomic E-state index is 2.48. The van der Waals surface area contributed by atoms with Crippen LogP contribution < -0.4 is 15.0 Å². The fraction of sp³-hybridized carbons (Fsp3) is 0.0769. The lowest BCUT2D eigenvalue weighted by Gasteiger charge is -2.36. The lowest BCUT2D eigenvalue weighted by molar-refractivity contribution is 0.783. The number of para-hydroxylation sites is 4. The molecule has 0 aliphatic heterocycles. The average Bonchev–Trinajstić information content (AvgIpc) is 3.71. The van der Waals surface area contributed by atoms with E-state index in [1.807, 2.05) is 0 Å². The maximum atomic E-state index is 2.48. The summed E-state index contributed by atoms with van der Waals surface area (Å²) in [7, 11) is -1.74. The van der Waals surface area contributed by atoms with Crippen molar-refractivity contribution in [2.75, 3.05) is 9.80 Å². The predicted octanol–water partition coefficient (Wildman–Crippen LogP) is 17.3. The Labute approximate surface area is 401 Å². The Balaban J connectivity index is 1.17. The highest BCUT2D eigenvalue weighted by Gasteiger charge is 2.49. The second kappa shape index (κ2) is 16.4. The normalized spacial score (nSPS) is 12.8. The topological polar surface area (TPSA) is 6.48 Å². The van der Waals surface area contributed by atoms with Gasteiger partial charge in [0.25, 0.3) is 0 Å². The van der Waals surface area contributed by atoms with Crippen molar-refractivity contribution in [3.63, 3.8) is 0 Å². The van der Waals surface area contributed by atoms with Gasteiger partial charge < -0.3 is 9.80 Å². The molecule has 0 heterocycles. The van der Waals surface area contributed by atoms with Gasteiger partial charge in [-0.3, -0.25) is 0 Å². The number of benzene rings is 11. The number of hydrogen-bond acceptors (Lipinski definition) is 2. The number of aryl methyl sites for hydroxylation is 1. The van der Waals surface area contributed by atoms with Gasteiger partial charge in [-0.25, -0.2) is 0 Å². The van der Waals surface area contributed by atoms with Crippen LogP contribution in [-0.4, -0.2) is 8.07 Å². The Morgan fingerprint density at radius 2 is 0.853 bits per heavy atom. The standard InChI is InChI=1S/C65H52N2Si/c1-45-23-17-20-34-59(45)66(49-28-13-7-14-29-49)52-39-42-56-58(44-52)54-32-18-19-33-55(54)62-57-40-37-46-43-51(67(50-30-15-8-16-31-50)60-35-21-22-36-61(60)68(2,3)4)38-41-53(46)63(57)65(64(56)62,47-24-9-5-10-25-47)48-26-11-6-12-27-48/h5-44H,1-4H3. The van der Waals surface area contributed by atoms with E-state index in [2.05, 4.69) is 279 Å². The number of nitrogens with zero attached hydrogens (tertiary/aromatic N) is 2. The van der Waals surface area contributed by atoms with Gasteiger partial charge in [-0.05, 0) is 144 Å². The molecule has 68 heavy (non-hydrogen) atoms. The first-order valence-corrected chi connectivity index (χ1v) is 27.4. The number of anilines is 6. The van der Waals surface area contributed by atoms with E-state index in [4.69, 9.17) is 0 Å². The zero-order valence-corrected chi connectivity index (χ0v) is 40.0. The average molecular weight is 889 g/mol. The molecule has 1 aliphatic rings. The summed E-state index contributed by atoms with van der Waals surface area (Å²) in [5, 5.41) is 8.91. The van der Waals surface area contributed by atoms with Crippen molar-refractivity contribution in [3.05, 3.63) is 270 Å². The van der Waals surface area contributed by atoms with Gasteiger partial charge in [0, 0.05) is 34.1 Å². The van der Waals surface area contributed by atoms with E-state index in [9.17, 15) is 0 Å². The molecule has 0 unspecified atom stereocenters. The Morgan fingerprint density at radius 1 is 0.353 bits per heavy atom. The molecule has 1 aliphatic carbocycles. The number of hydrogen-bond donors (Lipinski definition) is 0. The van der Waals surface area contributed by atoms with E-state index in [0.29, 0.717) is 0 Å². The Bertz CT molecular complexity index is 3630. The van der Waals surface area contributed by atoms with Gasteiger partial charge in [-0.15, -0.1) is 0 Å². The minimum atomic E-state index is -1.74. The van der Waals surface area contributed by atoms with E-state index in [1.165, 1.54) is 87.8 Å². The Hall–Kier alpha value is -7.98. The summed E-state index contributed by atoms with van der Waals surface area (Å²) < 4.78 is 0. The van der Waals surface area contributed by atoms with Crippen molar-refractivity contribution in [1.29, 1.82) is 0 Å². The first-order chi connectivity index (χ1) is 33.3. The highest BCUT2D eigenvalue weighted by Crippen LogP contribution is 2.62. The van der Waals surface area contributed by atoms with Crippen LogP contribution in [0.5, 0.6) is 0 Å². The van der Waals surface area contributed by atoms with Gasteiger partial charge >= 0.3 is 0 Å². The van der Waals surface area contributed by atoms with Gasteiger partial charge in [-0.2, -0.15) is 0 Å². The summed E-state index contributed by atoms with van der Waals surface area (Å²) in [5.74, 6) is 0. The fourth-order valence-electron chi connectivity index (χ4n) is 11.4. The lowest BCUT2D eigenvalue weighted by atomic mass is 9.65. The molecule has 2 nitrogen and oxygen atoms in total. The molecule has 3 heteroatoms. The summed E-state index contributed by atoms with van der Waals surface area (Å²) in [4.78, 5) is 4.89. The van der Waals surface area contributed by atoms with Gasteiger partial charge in [0.15, 0.2) is 0 Å². The van der Waals surface area contributed by atoms with Crippen LogP contribution in [-0.2, 0) is 5.41 Å². The van der Waals surface area contributed by atoms with E-state index in [0.717, 1.165) is 22.7 Å². The van der Waals surface area contributed by atoms with E-state index in [1.54, 1.807) is 0 Å². The van der Waals surface area contributed by atoms with Crippen LogP contribution in [0, 0.1) is 6.92 Å². The van der Waals surface area contributed by atoms with Crippen LogP contribution in [0.1, 0.15) is 27.8 Å². The molecule has 0 bridgehead atoms. The van der Waals surface area contributed by atoms with Crippen LogP contribution in [0.2, 0.25) is 19.6 Å². The smallest absolute Gasteiger partial charge is 0.0803 e. The molecular weight excluding hydrogens is 837 g/mol. The maximum Gasteiger partial charge on any atom is 0.0803 e. The molecule has 0 saturated heterocycles. The lowest BCUT2D eigenvalue weighted by Crippen LogP contribution is -2.40. The van der Waals surface area contributed by atoms with Gasteiger partial charge in [0.05, 0.1) is 13.5 Å². The quantitative estimate of drug-likeness (QED) is 0.105. The third-order valence-corrected chi connectivity index (χ3v) is 16.3. The van der Waals surface area contributed by atoms with Crippen LogP contribution in [0.25, 0.3) is 43.4 Å². The number of fused-ring (bicyclic) bond motifs is 10. The van der Waals surface area contributed by atoms with Crippen LogP contribution >= 0.6 is 0 Å². The fourth-order valence-corrected chi connectivity index (χ4v) is 13.0. The van der Waals surface area contributed by atoms with Crippen molar-refractivity contribution in [2.45, 2.75) is 32.0 Å². The Kier molecular flexibility index (Phi) is 10.0. The molecule has 0 radical (unpaired) electrons. The second-order valence-electron chi connectivity index (χ2n) is 19.3. The third-order valence-electron chi connectivity index (χ3n) is 14.3. The molecule has 0 saturated carbocycles. The summed E-state index contributed by atoms with van der Waals surface area (Å²) in [5.41, 5.74) is 15.3. The van der Waals surface area contributed by atoms with Crippen molar-refractivity contribution >= 4 is 79.7 Å². The van der Waals surface area contributed by atoms with Gasteiger partial charge in [-0.1, -0.05) is 202 Å². The van der Waals surface area contributed by atoms with Crippen molar-refractivity contribution in [2.24, 2.45) is 0 Å². The van der Waals surface area contributed by atoms with Gasteiger partial charge in [0.2, 0.25) is 0 Å². The molecule has 326 valence electrons. The molecule has 0 fully saturated rings. The molecule has 0 spiro atoms. The molecule has 0 amide bonds. The van der Waals surface area contributed by atoms with E-state index in [-0.39, 0.29) is 0 Å². The molecule has 0 N–H and O–H groups in total. The molecule has 0 atom stereocenters. The van der Waals surface area contributed by atoms with Crippen molar-refractivity contribution in [3.8, 4) is 11.1 Å². The third kappa shape index (κ3) is 6.52. The first kappa shape index (κ1) is 41.4. The second-order valence-corrected chi connectivity index (χ2v) is 24.3. The largest absolute Gasteiger partial charge is 0.311 e. The highest BCUT2D eigenvalue weighted by atomic mass is 28.3. The summed E-state index contributed by atoms with van der Waals surface area (Å²) in [6, 6.07) is 90.4. The SMILES string of the molecule is Cc1ccccc1N(c1ccccc1)c1ccc2c3c(c4ccccc4c2c1)-c1ccc2cc(N(c4ccccc4)c4ccccc4[Si](C)(C)C)ccc2c1C3(c1ccccc1)c1ccccc1. The first-order valence-electron chi connectivity index (χ1n) is 23.9. The monoisotopic (exact) mass is 888 g/mol. The molecule has 0 aromatic heterocycles.